The van der Waals surface area contributed by atoms with Crippen LogP contribution in [0.4, 0.5) is 4.79 Å². The zero-order chi connectivity index (χ0) is 30.0. The molecule has 1 aliphatic rings. The van der Waals surface area contributed by atoms with E-state index in [1.54, 1.807) is 68.4 Å². The minimum absolute atomic E-state index is 0.0495. The second-order valence-corrected chi connectivity index (χ2v) is 11.8. The first-order valence-electron chi connectivity index (χ1n) is 13.1. The van der Waals surface area contributed by atoms with E-state index in [4.69, 9.17) is 9.57 Å². The van der Waals surface area contributed by atoms with Gasteiger partial charge in [0.15, 0.2) is 9.84 Å². The highest BCUT2D eigenvalue weighted by Gasteiger charge is 2.38. The number of imide groups is 1. The molecule has 3 atom stereocenters. The van der Waals surface area contributed by atoms with Gasteiger partial charge in [-0.25, -0.2) is 18.0 Å². The predicted molar refractivity (Wildman–Crippen MR) is 146 cm³/mol. The minimum atomic E-state index is -4.01. The quantitative estimate of drug-likeness (QED) is 0.334. The Morgan fingerprint density at radius 1 is 0.902 bits per heavy atom. The van der Waals surface area contributed by atoms with Gasteiger partial charge in [-0.3, -0.25) is 14.4 Å². The zero-order valence-corrected chi connectivity index (χ0v) is 23.6. The number of benzene rings is 2. The molecule has 2 N–H and O–H groups in total. The number of hydrogen-bond acceptors (Lipinski definition) is 9. The van der Waals surface area contributed by atoms with Gasteiger partial charge >= 0.3 is 12.1 Å². The monoisotopic (exact) mass is 587 g/mol. The number of carbonyl (C=O) groups excluding carboxylic acids is 5. The van der Waals surface area contributed by atoms with E-state index in [2.05, 4.69) is 10.6 Å². The van der Waals surface area contributed by atoms with Crippen LogP contribution in [0.2, 0.25) is 0 Å². The molecule has 0 aromatic heterocycles. The Hall–Kier alpha value is -4.26. The molecule has 1 heterocycles. The van der Waals surface area contributed by atoms with Crippen molar-refractivity contribution >= 4 is 39.6 Å². The third kappa shape index (κ3) is 9.41. The van der Waals surface area contributed by atoms with Gasteiger partial charge < -0.3 is 20.2 Å². The lowest BCUT2D eigenvalue weighted by Gasteiger charge is -2.26. The molecule has 0 unspecified atom stereocenters. The Morgan fingerprint density at radius 3 is 2.02 bits per heavy atom. The lowest BCUT2D eigenvalue weighted by Crippen LogP contribution is -2.56. The first-order valence-corrected chi connectivity index (χ1v) is 14.9. The van der Waals surface area contributed by atoms with E-state index in [1.165, 1.54) is 0 Å². The Morgan fingerprint density at radius 2 is 1.46 bits per heavy atom. The molecular weight excluding hydrogens is 554 g/mol. The molecule has 0 bridgehead atoms. The topological polar surface area (TPSA) is 165 Å². The van der Waals surface area contributed by atoms with Crippen LogP contribution >= 0.6 is 0 Å². The standard InChI is InChI=1S/C28H33N3O9S/c1-3-19(2)25(30-28(36)39-16-20-10-6-4-7-11-20)26(34)29-22(27(35)40-31-23(32)14-15-24(31)33)18-41(37,38)17-21-12-8-5-9-13-21/h4-13,19,22,25H,3,14-18H2,1-2H3,(H,29,34)(H,30,36)/t19-,22-,25-/m0/s1. The summed E-state index contributed by atoms with van der Waals surface area (Å²) in [6, 6.07) is 14.1. The summed E-state index contributed by atoms with van der Waals surface area (Å²) >= 11 is 0. The fraction of sp³-hybridized carbons (Fsp3) is 0.393. The van der Waals surface area contributed by atoms with Crippen LogP contribution in [0.15, 0.2) is 60.7 Å². The van der Waals surface area contributed by atoms with Crippen LogP contribution in [0.1, 0.15) is 44.2 Å². The number of sulfone groups is 1. The molecule has 0 aliphatic carbocycles. The van der Waals surface area contributed by atoms with Gasteiger partial charge in [0.25, 0.3) is 11.8 Å². The van der Waals surface area contributed by atoms with Crippen LogP contribution in [0, 0.1) is 5.92 Å². The smallest absolute Gasteiger partial charge is 0.408 e. The molecule has 220 valence electrons. The average Bonchev–Trinajstić information content (AvgIpc) is 3.26. The van der Waals surface area contributed by atoms with Crippen molar-refractivity contribution in [1.29, 1.82) is 0 Å². The van der Waals surface area contributed by atoms with Crippen molar-refractivity contribution in [3.63, 3.8) is 0 Å². The lowest BCUT2D eigenvalue weighted by atomic mass is 9.98. The third-order valence-corrected chi connectivity index (χ3v) is 8.03. The van der Waals surface area contributed by atoms with E-state index in [0.717, 1.165) is 5.56 Å². The Labute approximate surface area is 238 Å². The van der Waals surface area contributed by atoms with Crippen molar-refractivity contribution in [2.45, 2.75) is 57.6 Å². The van der Waals surface area contributed by atoms with Gasteiger partial charge in [-0.2, -0.15) is 0 Å². The van der Waals surface area contributed by atoms with E-state index in [1.807, 2.05) is 6.07 Å². The van der Waals surface area contributed by atoms with Crippen molar-refractivity contribution in [3.05, 3.63) is 71.8 Å². The number of alkyl carbamates (subject to hydrolysis) is 1. The molecule has 2 aromatic rings. The summed E-state index contributed by atoms with van der Waals surface area (Å²) in [6.07, 6.45) is -0.783. The van der Waals surface area contributed by atoms with Crippen molar-refractivity contribution in [2.24, 2.45) is 5.92 Å². The molecule has 0 radical (unpaired) electrons. The molecule has 1 fully saturated rings. The van der Waals surface area contributed by atoms with Crippen molar-refractivity contribution in [3.8, 4) is 0 Å². The molecular formula is C28H33N3O9S. The summed E-state index contributed by atoms with van der Waals surface area (Å²) in [6.45, 7) is 3.41. The maximum atomic E-state index is 13.3. The number of ether oxygens (including phenoxy) is 1. The van der Waals surface area contributed by atoms with Crippen molar-refractivity contribution in [2.75, 3.05) is 5.75 Å². The second-order valence-electron chi connectivity index (χ2n) is 9.66. The highest BCUT2D eigenvalue weighted by atomic mass is 32.2. The Kier molecular flexibility index (Phi) is 11.0. The van der Waals surface area contributed by atoms with Gasteiger partial charge in [0, 0.05) is 12.8 Å². The molecule has 2 aromatic carbocycles. The largest absolute Gasteiger partial charge is 0.445 e. The van der Waals surface area contributed by atoms with Gasteiger partial charge in [-0.15, -0.1) is 5.06 Å². The average molecular weight is 588 g/mol. The molecule has 4 amide bonds. The first-order chi connectivity index (χ1) is 19.5. The fourth-order valence-electron chi connectivity index (χ4n) is 3.98. The Balaban J connectivity index is 1.76. The molecule has 1 aliphatic heterocycles. The summed E-state index contributed by atoms with van der Waals surface area (Å²) in [4.78, 5) is 67.8. The molecule has 0 spiro atoms. The lowest BCUT2D eigenvalue weighted by molar-refractivity contribution is -0.198. The summed E-state index contributed by atoms with van der Waals surface area (Å²) in [5.41, 5.74) is 1.18. The summed E-state index contributed by atoms with van der Waals surface area (Å²) in [7, 11) is -4.01. The number of amides is 4. The normalized spacial score (nSPS) is 15.5. The van der Waals surface area contributed by atoms with Crippen LogP contribution < -0.4 is 10.6 Å². The van der Waals surface area contributed by atoms with E-state index >= 15 is 0 Å². The Bertz CT molecular complexity index is 1330. The third-order valence-electron chi connectivity index (χ3n) is 6.42. The van der Waals surface area contributed by atoms with E-state index < -0.39 is 69.1 Å². The first kappa shape index (κ1) is 31.3. The molecule has 12 nitrogen and oxygen atoms in total. The molecule has 1 saturated heterocycles. The highest BCUT2D eigenvalue weighted by Crippen LogP contribution is 2.15. The number of nitrogens with one attached hydrogen (secondary N) is 2. The number of hydrogen-bond donors (Lipinski definition) is 2. The minimum Gasteiger partial charge on any atom is -0.445 e. The van der Waals surface area contributed by atoms with Crippen LogP contribution in [-0.4, -0.2) is 61.1 Å². The summed E-state index contributed by atoms with van der Waals surface area (Å²) in [5.74, 6) is -5.47. The maximum absolute atomic E-state index is 13.3. The van der Waals surface area contributed by atoms with Gasteiger partial charge in [-0.1, -0.05) is 80.9 Å². The van der Waals surface area contributed by atoms with Crippen LogP contribution in [0.5, 0.6) is 0 Å². The van der Waals surface area contributed by atoms with Crippen LogP contribution in [0.25, 0.3) is 0 Å². The van der Waals surface area contributed by atoms with Crippen LogP contribution in [-0.2, 0) is 50.9 Å². The van der Waals surface area contributed by atoms with Gasteiger partial charge in [-0.05, 0) is 17.0 Å². The van der Waals surface area contributed by atoms with Crippen molar-refractivity contribution in [1.82, 2.24) is 15.7 Å². The van der Waals surface area contributed by atoms with Gasteiger partial charge in [0.2, 0.25) is 5.91 Å². The van der Waals surface area contributed by atoms with Gasteiger partial charge in [0.1, 0.15) is 18.7 Å². The summed E-state index contributed by atoms with van der Waals surface area (Å²) in [5, 5.41) is 5.10. The molecule has 13 heteroatoms. The number of hydroxylamine groups is 2. The fourth-order valence-corrected chi connectivity index (χ4v) is 5.52. The van der Waals surface area contributed by atoms with Crippen molar-refractivity contribution < 1.29 is 42.0 Å². The maximum Gasteiger partial charge on any atom is 0.408 e. The molecule has 0 saturated carbocycles. The predicted octanol–water partition coefficient (Wildman–Crippen LogP) is 2.03. The van der Waals surface area contributed by atoms with Crippen LogP contribution in [0.3, 0.4) is 0 Å². The number of carbonyl (C=O) groups is 5. The number of nitrogens with zero attached hydrogens (tertiary/aromatic N) is 1. The zero-order valence-electron chi connectivity index (χ0n) is 22.8. The second kappa shape index (κ2) is 14.4. The van der Waals surface area contributed by atoms with E-state index in [9.17, 15) is 32.4 Å². The van der Waals surface area contributed by atoms with E-state index in [-0.39, 0.29) is 24.5 Å². The SMILES string of the molecule is CC[C@H](C)[C@H](NC(=O)OCc1ccccc1)C(=O)N[C@@H](CS(=O)(=O)Cc1ccccc1)C(=O)ON1C(=O)CCC1=O. The van der Waals surface area contributed by atoms with E-state index in [0.29, 0.717) is 12.0 Å². The highest BCUT2D eigenvalue weighted by molar-refractivity contribution is 7.90. The van der Waals surface area contributed by atoms with Gasteiger partial charge in [0.05, 0.1) is 11.5 Å². The molecule has 3 rings (SSSR count). The summed E-state index contributed by atoms with van der Waals surface area (Å²) < 4.78 is 31.3. The number of rotatable bonds is 13. The molecule has 41 heavy (non-hydrogen) atoms.